The first kappa shape index (κ1) is 12.6. The second-order valence-electron chi connectivity index (χ2n) is 4.62. The van der Waals surface area contributed by atoms with Crippen LogP contribution in [-0.2, 0) is 4.79 Å². The Hall–Kier alpha value is -1.84. The molecule has 2 unspecified atom stereocenters. The molecule has 2 rings (SSSR count). The van der Waals surface area contributed by atoms with E-state index in [4.69, 9.17) is 10.5 Å². The molecule has 1 aromatic rings. The third-order valence-electron chi connectivity index (χ3n) is 3.53. The lowest BCUT2D eigenvalue weighted by atomic mass is 10.0. The van der Waals surface area contributed by atoms with Crippen LogP contribution in [0.4, 0.5) is 0 Å². The summed E-state index contributed by atoms with van der Waals surface area (Å²) in [4.78, 5) is 15.3. The zero-order valence-corrected chi connectivity index (χ0v) is 10.9. The van der Waals surface area contributed by atoms with Crippen LogP contribution in [0, 0.1) is 5.92 Å². The number of nitrogens with two attached hydrogens (primary N) is 1. The largest absolute Gasteiger partial charge is 0.496 e. The van der Waals surface area contributed by atoms with Gasteiger partial charge in [-0.1, -0.05) is 6.07 Å². The monoisotopic (exact) mass is 246 g/mol. The lowest BCUT2D eigenvalue weighted by Crippen LogP contribution is -2.13. The number of hydrogen-bond acceptors (Lipinski definition) is 3. The summed E-state index contributed by atoms with van der Waals surface area (Å²) in [6.45, 7) is 1.95. The molecule has 1 saturated carbocycles. The zero-order valence-electron chi connectivity index (χ0n) is 10.9. The van der Waals surface area contributed by atoms with Gasteiger partial charge in [0.05, 0.1) is 7.11 Å². The molecule has 0 radical (unpaired) electrons. The van der Waals surface area contributed by atoms with E-state index in [1.807, 2.05) is 25.1 Å². The van der Waals surface area contributed by atoms with E-state index in [-0.39, 0.29) is 17.7 Å². The number of ether oxygens (including phenoxy) is 1. The summed E-state index contributed by atoms with van der Waals surface area (Å²) in [5, 5.41) is 0. The second kappa shape index (κ2) is 4.80. The van der Waals surface area contributed by atoms with Crippen molar-refractivity contribution in [2.75, 3.05) is 14.2 Å². The predicted octanol–water partition coefficient (Wildman–Crippen LogP) is 1.72. The van der Waals surface area contributed by atoms with Gasteiger partial charge in [-0.15, -0.1) is 0 Å². The molecule has 0 saturated heterocycles. The van der Waals surface area contributed by atoms with Crippen LogP contribution in [0.5, 0.6) is 5.75 Å². The van der Waals surface area contributed by atoms with Gasteiger partial charge in [0.15, 0.2) is 0 Å². The van der Waals surface area contributed by atoms with Gasteiger partial charge in [0.1, 0.15) is 5.75 Å². The Morgan fingerprint density at radius 1 is 1.50 bits per heavy atom. The van der Waals surface area contributed by atoms with Crippen LogP contribution >= 0.6 is 0 Å². The Morgan fingerprint density at radius 3 is 2.72 bits per heavy atom. The maximum Gasteiger partial charge on any atom is 0.221 e. The summed E-state index contributed by atoms with van der Waals surface area (Å²) in [7, 11) is 3.40. The maximum atomic E-state index is 11.1. The summed E-state index contributed by atoms with van der Waals surface area (Å²) >= 11 is 0. The predicted molar refractivity (Wildman–Crippen MR) is 71.2 cm³/mol. The third kappa shape index (κ3) is 2.23. The number of amides is 1. The molecule has 0 heterocycles. The number of primary amides is 1. The van der Waals surface area contributed by atoms with E-state index in [1.54, 1.807) is 14.2 Å². The molecule has 0 spiro atoms. The van der Waals surface area contributed by atoms with Crippen molar-refractivity contribution in [1.82, 2.24) is 0 Å². The number of carbonyl (C=O) groups is 1. The van der Waals surface area contributed by atoms with E-state index >= 15 is 0 Å². The fourth-order valence-electron chi connectivity index (χ4n) is 2.24. The van der Waals surface area contributed by atoms with Crippen LogP contribution in [0.15, 0.2) is 23.2 Å². The van der Waals surface area contributed by atoms with Gasteiger partial charge in [-0.3, -0.25) is 9.79 Å². The van der Waals surface area contributed by atoms with E-state index < -0.39 is 0 Å². The molecule has 0 bridgehead atoms. The highest BCUT2D eigenvalue weighted by Gasteiger charge is 2.42. The molecule has 1 fully saturated rings. The lowest BCUT2D eigenvalue weighted by Gasteiger charge is -2.10. The fraction of sp³-hybridized carbons (Fsp3) is 0.429. The van der Waals surface area contributed by atoms with Crippen molar-refractivity contribution in [3.8, 4) is 5.75 Å². The molecule has 2 N–H and O–H groups in total. The van der Waals surface area contributed by atoms with Crippen LogP contribution in [-0.4, -0.2) is 25.8 Å². The summed E-state index contributed by atoms with van der Waals surface area (Å²) in [5.74, 6) is 0.825. The number of aliphatic imine (C=N–C) groups is 1. The minimum absolute atomic E-state index is 0.0125. The highest BCUT2D eigenvalue weighted by molar-refractivity contribution is 6.01. The molecule has 4 heteroatoms. The van der Waals surface area contributed by atoms with Crippen molar-refractivity contribution in [3.05, 3.63) is 29.3 Å². The first-order chi connectivity index (χ1) is 8.58. The van der Waals surface area contributed by atoms with Gasteiger partial charge in [0.25, 0.3) is 0 Å². The van der Waals surface area contributed by atoms with Gasteiger partial charge in [-0.05, 0) is 37.0 Å². The van der Waals surface area contributed by atoms with E-state index in [9.17, 15) is 4.79 Å². The SMILES string of the molecule is CN=C(C)c1ccc(C2CC2C(N)=O)cc1OC. The Balaban J connectivity index is 2.29. The van der Waals surface area contributed by atoms with Gasteiger partial charge in [-0.2, -0.15) is 0 Å². The van der Waals surface area contributed by atoms with Crippen molar-refractivity contribution in [2.45, 2.75) is 19.3 Å². The highest BCUT2D eigenvalue weighted by atomic mass is 16.5. The molecule has 1 amide bonds. The molecule has 1 aliphatic carbocycles. The normalized spacial score (nSPS) is 22.7. The molecular formula is C14H18N2O2. The average Bonchev–Trinajstić information content (AvgIpc) is 3.17. The van der Waals surface area contributed by atoms with Crippen LogP contribution < -0.4 is 10.5 Å². The number of rotatable bonds is 4. The Kier molecular flexibility index (Phi) is 3.36. The van der Waals surface area contributed by atoms with Gasteiger partial charge in [0.2, 0.25) is 5.91 Å². The minimum Gasteiger partial charge on any atom is -0.496 e. The molecular weight excluding hydrogens is 228 g/mol. The number of hydrogen-bond donors (Lipinski definition) is 1. The first-order valence-electron chi connectivity index (χ1n) is 5.99. The van der Waals surface area contributed by atoms with Crippen LogP contribution in [0.1, 0.15) is 30.4 Å². The Morgan fingerprint density at radius 2 is 2.22 bits per heavy atom. The highest BCUT2D eigenvalue weighted by Crippen LogP contribution is 2.48. The van der Waals surface area contributed by atoms with Crippen molar-refractivity contribution in [2.24, 2.45) is 16.6 Å². The molecule has 18 heavy (non-hydrogen) atoms. The van der Waals surface area contributed by atoms with Gasteiger partial charge in [-0.25, -0.2) is 0 Å². The number of benzene rings is 1. The van der Waals surface area contributed by atoms with Gasteiger partial charge >= 0.3 is 0 Å². The molecule has 96 valence electrons. The average molecular weight is 246 g/mol. The van der Waals surface area contributed by atoms with E-state index in [1.165, 1.54) is 0 Å². The Labute approximate surface area is 107 Å². The minimum atomic E-state index is -0.214. The molecule has 0 aliphatic heterocycles. The number of carbonyl (C=O) groups excluding carboxylic acids is 1. The van der Waals surface area contributed by atoms with Crippen molar-refractivity contribution in [1.29, 1.82) is 0 Å². The summed E-state index contributed by atoms with van der Waals surface area (Å²) < 4.78 is 5.39. The molecule has 4 nitrogen and oxygen atoms in total. The molecule has 2 atom stereocenters. The molecule has 1 aliphatic rings. The van der Waals surface area contributed by atoms with Crippen molar-refractivity contribution >= 4 is 11.6 Å². The maximum absolute atomic E-state index is 11.1. The van der Waals surface area contributed by atoms with E-state index in [0.717, 1.165) is 29.0 Å². The quantitative estimate of drug-likeness (QED) is 0.822. The topological polar surface area (TPSA) is 64.7 Å². The summed E-state index contributed by atoms with van der Waals surface area (Å²) in [5.41, 5.74) is 8.34. The van der Waals surface area contributed by atoms with Crippen molar-refractivity contribution < 1.29 is 9.53 Å². The lowest BCUT2D eigenvalue weighted by molar-refractivity contribution is -0.119. The summed E-state index contributed by atoms with van der Waals surface area (Å²) in [6.07, 6.45) is 0.846. The van der Waals surface area contributed by atoms with Crippen LogP contribution in [0.3, 0.4) is 0 Å². The second-order valence-corrected chi connectivity index (χ2v) is 4.62. The van der Waals surface area contributed by atoms with E-state index in [0.29, 0.717) is 0 Å². The zero-order chi connectivity index (χ0) is 13.3. The number of nitrogens with zero attached hydrogens (tertiary/aromatic N) is 1. The van der Waals surface area contributed by atoms with Crippen LogP contribution in [0.25, 0.3) is 0 Å². The van der Waals surface area contributed by atoms with Crippen LogP contribution in [0.2, 0.25) is 0 Å². The molecule has 1 aromatic carbocycles. The number of methoxy groups -OCH3 is 1. The fourth-order valence-corrected chi connectivity index (χ4v) is 2.24. The van der Waals surface area contributed by atoms with Crippen molar-refractivity contribution in [3.63, 3.8) is 0 Å². The molecule has 0 aromatic heterocycles. The summed E-state index contributed by atoms with van der Waals surface area (Å²) in [6, 6.07) is 6.00. The standard InChI is InChI=1S/C14H18N2O2/c1-8(16-2)10-5-4-9(6-13(10)18-3)11-7-12(11)14(15)17/h4-6,11-12H,7H2,1-3H3,(H2,15,17). The van der Waals surface area contributed by atoms with E-state index in [2.05, 4.69) is 4.99 Å². The third-order valence-corrected chi connectivity index (χ3v) is 3.53. The Bertz CT molecular complexity index is 509. The van der Waals surface area contributed by atoms with Gasteiger partial charge < -0.3 is 10.5 Å². The van der Waals surface area contributed by atoms with Gasteiger partial charge in [0, 0.05) is 24.2 Å². The smallest absolute Gasteiger partial charge is 0.221 e. The first-order valence-corrected chi connectivity index (χ1v) is 5.99.